The maximum atomic E-state index is 11.0. The number of nitrogen functional groups attached to an aromatic ring is 1. The number of anilines is 1. The molecule has 0 amide bonds. The summed E-state index contributed by atoms with van der Waals surface area (Å²) in [6.45, 7) is 1.67. The predicted octanol–water partition coefficient (Wildman–Crippen LogP) is 1.33. The molecule has 0 bridgehead atoms. The summed E-state index contributed by atoms with van der Waals surface area (Å²) in [6, 6.07) is 6.73. The lowest BCUT2D eigenvalue weighted by Crippen LogP contribution is -2.08. The highest BCUT2D eigenvalue weighted by atomic mass is 16.4. The van der Waals surface area contributed by atoms with Gasteiger partial charge >= 0.3 is 5.97 Å². The number of aromatic nitrogens is 2. The molecule has 3 N–H and O–H groups in total. The van der Waals surface area contributed by atoms with E-state index >= 15 is 0 Å². The van der Waals surface area contributed by atoms with Gasteiger partial charge in [0, 0.05) is 0 Å². The predicted molar refractivity (Wildman–Crippen MR) is 64.4 cm³/mol. The molecule has 0 radical (unpaired) electrons. The quantitative estimate of drug-likeness (QED) is 0.826. The molecule has 0 unspecified atom stereocenters. The molecule has 0 saturated heterocycles. The summed E-state index contributed by atoms with van der Waals surface area (Å²) in [6.07, 6.45) is 1.35. The van der Waals surface area contributed by atoms with E-state index < -0.39 is 5.97 Å². The van der Waals surface area contributed by atoms with Crippen LogP contribution in [0.2, 0.25) is 0 Å². The molecule has 90 valence electrons. The van der Waals surface area contributed by atoms with Gasteiger partial charge in [0.2, 0.25) is 0 Å². The maximum Gasteiger partial charge on any atom is 0.336 e. The zero-order chi connectivity index (χ0) is 13.3. The van der Waals surface area contributed by atoms with E-state index in [9.17, 15) is 4.79 Å². The number of benzene rings is 1. The summed E-state index contributed by atoms with van der Waals surface area (Å²) in [4.78, 5) is 11.0. The standard InChI is InChI=1S/C12H10N4O2/c1-7-9(12(17)18)3-2-4-10(7)16-11(14)8(5-13)6-15-16/h2-4,6H,14H2,1H3,(H,17,18). The van der Waals surface area contributed by atoms with Crippen LogP contribution in [0, 0.1) is 18.3 Å². The van der Waals surface area contributed by atoms with Gasteiger partial charge < -0.3 is 10.8 Å². The summed E-state index contributed by atoms with van der Waals surface area (Å²) in [5.41, 5.74) is 7.31. The molecule has 1 aromatic carbocycles. The molecule has 1 aromatic heterocycles. The SMILES string of the molecule is Cc1c(C(=O)O)cccc1-n1ncc(C#N)c1N. The van der Waals surface area contributed by atoms with Crippen molar-refractivity contribution in [1.29, 1.82) is 5.26 Å². The molecule has 0 aliphatic rings. The number of carbonyl (C=O) groups is 1. The van der Waals surface area contributed by atoms with Gasteiger partial charge in [0.15, 0.2) is 0 Å². The van der Waals surface area contributed by atoms with Gasteiger partial charge in [-0.15, -0.1) is 0 Å². The van der Waals surface area contributed by atoms with Crippen LogP contribution in [0.5, 0.6) is 0 Å². The number of rotatable bonds is 2. The largest absolute Gasteiger partial charge is 0.478 e. The van der Waals surface area contributed by atoms with Gasteiger partial charge in [0.1, 0.15) is 17.5 Å². The van der Waals surface area contributed by atoms with Crippen molar-refractivity contribution in [2.45, 2.75) is 6.92 Å². The lowest BCUT2D eigenvalue weighted by Gasteiger charge is -2.09. The van der Waals surface area contributed by atoms with E-state index in [2.05, 4.69) is 5.10 Å². The fraction of sp³-hybridized carbons (Fsp3) is 0.0833. The Morgan fingerprint density at radius 1 is 1.56 bits per heavy atom. The monoisotopic (exact) mass is 242 g/mol. The molecular formula is C12H10N4O2. The first kappa shape index (κ1) is 11.7. The first-order chi connectivity index (χ1) is 8.56. The van der Waals surface area contributed by atoms with Gasteiger partial charge in [-0.25, -0.2) is 9.48 Å². The highest BCUT2D eigenvalue weighted by Gasteiger charge is 2.14. The molecule has 2 aromatic rings. The second kappa shape index (κ2) is 4.22. The molecule has 6 nitrogen and oxygen atoms in total. The van der Waals surface area contributed by atoms with Crippen LogP contribution in [0.3, 0.4) is 0 Å². The number of nitrogens with zero attached hydrogens (tertiary/aromatic N) is 3. The lowest BCUT2D eigenvalue weighted by molar-refractivity contribution is 0.0696. The Labute approximate surface area is 103 Å². The van der Waals surface area contributed by atoms with E-state index in [-0.39, 0.29) is 16.9 Å². The zero-order valence-corrected chi connectivity index (χ0v) is 9.58. The number of nitrogens with two attached hydrogens (primary N) is 1. The van der Waals surface area contributed by atoms with Crippen molar-refractivity contribution in [2.24, 2.45) is 0 Å². The van der Waals surface area contributed by atoms with Crippen LogP contribution < -0.4 is 5.73 Å². The average Bonchev–Trinajstić information content (AvgIpc) is 2.70. The molecule has 0 fully saturated rings. The average molecular weight is 242 g/mol. The molecule has 6 heteroatoms. The van der Waals surface area contributed by atoms with Crippen LogP contribution >= 0.6 is 0 Å². The third kappa shape index (κ3) is 1.68. The molecule has 0 spiro atoms. The van der Waals surface area contributed by atoms with Gasteiger partial charge in [0.05, 0.1) is 17.4 Å². The first-order valence-electron chi connectivity index (χ1n) is 5.13. The molecule has 1 heterocycles. The van der Waals surface area contributed by atoms with Crippen molar-refractivity contribution in [3.8, 4) is 11.8 Å². The van der Waals surface area contributed by atoms with Crippen LogP contribution in [0.15, 0.2) is 24.4 Å². The smallest absolute Gasteiger partial charge is 0.336 e. The highest BCUT2D eigenvalue weighted by molar-refractivity contribution is 5.90. The van der Waals surface area contributed by atoms with E-state index in [0.717, 1.165) is 0 Å². The third-order valence-electron chi connectivity index (χ3n) is 2.69. The Balaban J connectivity index is 2.65. The number of nitriles is 1. The second-order valence-electron chi connectivity index (χ2n) is 3.72. The maximum absolute atomic E-state index is 11.0. The minimum atomic E-state index is -1.01. The number of carboxylic acid groups (broad SMARTS) is 1. The van der Waals surface area contributed by atoms with E-state index in [1.807, 2.05) is 6.07 Å². The fourth-order valence-corrected chi connectivity index (χ4v) is 1.72. The Hall–Kier alpha value is -2.81. The van der Waals surface area contributed by atoms with Crippen LogP contribution in [0.4, 0.5) is 5.82 Å². The zero-order valence-electron chi connectivity index (χ0n) is 9.58. The van der Waals surface area contributed by atoms with Gasteiger partial charge in [0.25, 0.3) is 0 Å². The van der Waals surface area contributed by atoms with Crippen LogP contribution in [0.1, 0.15) is 21.5 Å². The third-order valence-corrected chi connectivity index (χ3v) is 2.69. The minimum Gasteiger partial charge on any atom is -0.478 e. The lowest BCUT2D eigenvalue weighted by atomic mass is 10.1. The van der Waals surface area contributed by atoms with Crippen molar-refractivity contribution < 1.29 is 9.90 Å². The minimum absolute atomic E-state index is 0.181. The molecule has 18 heavy (non-hydrogen) atoms. The van der Waals surface area contributed by atoms with Crippen LogP contribution in [0.25, 0.3) is 5.69 Å². The van der Waals surface area contributed by atoms with Crippen molar-refractivity contribution >= 4 is 11.8 Å². The van der Waals surface area contributed by atoms with Gasteiger partial charge in [-0.05, 0) is 24.6 Å². The van der Waals surface area contributed by atoms with E-state index in [1.165, 1.54) is 16.9 Å². The Morgan fingerprint density at radius 3 is 2.83 bits per heavy atom. The second-order valence-corrected chi connectivity index (χ2v) is 3.72. The van der Waals surface area contributed by atoms with Crippen molar-refractivity contribution in [2.75, 3.05) is 5.73 Å². The molecule has 2 rings (SSSR count). The molecule has 0 saturated carbocycles. The highest BCUT2D eigenvalue weighted by Crippen LogP contribution is 2.22. The summed E-state index contributed by atoms with van der Waals surface area (Å²) >= 11 is 0. The summed E-state index contributed by atoms with van der Waals surface area (Å²) in [5, 5.41) is 21.9. The van der Waals surface area contributed by atoms with Crippen LogP contribution in [-0.4, -0.2) is 20.9 Å². The number of hydrogen-bond donors (Lipinski definition) is 2. The van der Waals surface area contributed by atoms with Gasteiger partial charge in [-0.2, -0.15) is 10.4 Å². The summed E-state index contributed by atoms with van der Waals surface area (Å²) in [5.74, 6) is -0.816. The van der Waals surface area contributed by atoms with E-state index in [1.54, 1.807) is 19.1 Å². The molecule has 0 atom stereocenters. The number of hydrogen-bond acceptors (Lipinski definition) is 4. The van der Waals surface area contributed by atoms with Gasteiger partial charge in [-0.1, -0.05) is 6.07 Å². The topological polar surface area (TPSA) is 105 Å². The van der Waals surface area contributed by atoms with Crippen molar-refractivity contribution in [1.82, 2.24) is 9.78 Å². The van der Waals surface area contributed by atoms with E-state index in [0.29, 0.717) is 11.3 Å². The Bertz CT molecular complexity index is 667. The number of aromatic carboxylic acids is 1. The normalized spacial score (nSPS) is 10.0. The summed E-state index contributed by atoms with van der Waals surface area (Å²) < 4.78 is 1.36. The molecule has 0 aliphatic heterocycles. The Morgan fingerprint density at radius 2 is 2.28 bits per heavy atom. The molecular weight excluding hydrogens is 232 g/mol. The Kier molecular flexibility index (Phi) is 2.73. The number of carboxylic acids is 1. The van der Waals surface area contributed by atoms with Gasteiger partial charge in [-0.3, -0.25) is 0 Å². The fourth-order valence-electron chi connectivity index (χ4n) is 1.72. The van der Waals surface area contributed by atoms with Crippen LogP contribution in [-0.2, 0) is 0 Å². The molecule has 0 aliphatic carbocycles. The van der Waals surface area contributed by atoms with E-state index in [4.69, 9.17) is 16.1 Å². The first-order valence-corrected chi connectivity index (χ1v) is 5.13. The summed E-state index contributed by atoms with van der Waals surface area (Å²) in [7, 11) is 0. The van der Waals surface area contributed by atoms with Crippen molar-refractivity contribution in [3.05, 3.63) is 41.1 Å². The van der Waals surface area contributed by atoms with Crippen molar-refractivity contribution in [3.63, 3.8) is 0 Å².